The van der Waals surface area contributed by atoms with Gasteiger partial charge in [-0.1, -0.05) is 242 Å². The molecule has 0 aromatic carbocycles. The van der Waals surface area contributed by atoms with E-state index in [1.54, 1.807) is 6.08 Å². The van der Waals surface area contributed by atoms with E-state index in [1.807, 2.05) is 6.08 Å². The zero-order valence-corrected chi connectivity index (χ0v) is 48.5. The van der Waals surface area contributed by atoms with Gasteiger partial charge in [0.05, 0.1) is 32.0 Å². The molecule has 9 N–H and O–H groups in total. The number of carbonyl (C=O) groups excluding carboxylic acids is 1. The molecular weight excluding hydrogens is 979 g/mol. The lowest BCUT2D eigenvalue weighted by atomic mass is 9.97. The number of ether oxygens (including phenoxy) is 4. The molecule has 2 heterocycles. The van der Waals surface area contributed by atoms with Gasteiger partial charge in [-0.15, -0.1) is 0 Å². The maximum absolute atomic E-state index is 13.2. The quantitative estimate of drug-likeness (QED) is 0.0204. The average Bonchev–Trinajstić information content (AvgIpc) is 3.44. The zero-order valence-electron chi connectivity index (χ0n) is 48.5. The second-order valence-corrected chi connectivity index (χ2v) is 22.2. The first-order valence-corrected chi connectivity index (χ1v) is 31.4. The van der Waals surface area contributed by atoms with Crippen molar-refractivity contribution in [3.8, 4) is 0 Å². The Morgan fingerprint density at radius 2 is 0.896 bits per heavy atom. The number of nitrogens with one attached hydrogen (secondary N) is 1. The minimum Gasteiger partial charge on any atom is -0.394 e. The molecule has 2 aliphatic rings. The molecule has 1 amide bonds. The standard InChI is InChI=1S/C63H115NO13/c1-3-5-7-9-11-13-15-17-18-19-20-21-22-23-24-25-26-27-28-29-30-31-32-33-35-36-38-40-42-44-46-52(67)51(64-55(68)47-45-43-41-39-37-34-16-14-12-10-8-6-4-2)50-74-62-60(73)58(71)61(54(49-66)76-62)77-63-59(72)57(70)56(69)53(48-65)75-63/h6,8,12,14,34,37,44,46,51-54,56-63,65-67,69-73H,3-5,7,9-11,13,15-33,35-36,38-43,45,47-50H2,1-2H3,(H,64,68)/b8-6-,14-12-,37-34-,46-44+. The summed E-state index contributed by atoms with van der Waals surface area (Å²) in [4.78, 5) is 13.2. The minimum absolute atomic E-state index is 0.245. The molecule has 12 atom stereocenters. The number of carbonyl (C=O) groups is 1. The molecule has 0 bridgehead atoms. The van der Waals surface area contributed by atoms with Crippen LogP contribution >= 0.6 is 0 Å². The van der Waals surface area contributed by atoms with Gasteiger partial charge < -0.3 is 65.1 Å². The van der Waals surface area contributed by atoms with Gasteiger partial charge in [-0.2, -0.15) is 0 Å². The molecule has 77 heavy (non-hydrogen) atoms. The highest BCUT2D eigenvalue weighted by Crippen LogP contribution is 2.30. The summed E-state index contributed by atoms with van der Waals surface area (Å²) in [5.41, 5.74) is 0. The van der Waals surface area contributed by atoms with Crippen LogP contribution in [-0.4, -0.2) is 140 Å². The summed E-state index contributed by atoms with van der Waals surface area (Å²) in [6.45, 7) is 2.67. The van der Waals surface area contributed by atoms with Gasteiger partial charge in [0, 0.05) is 6.42 Å². The Bertz CT molecular complexity index is 1480. The van der Waals surface area contributed by atoms with Crippen LogP contribution in [0.5, 0.6) is 0 Å². The van der Waals surface area contributed by atoms with Crippen LogP contribution < -0.4 is 5.32 Å². The van der Waals surface area contributed by atoms with Crippen LogP contribution in [0.3, 0.4) is 0 Å². The Morgan fingerprint density at radius 3 is 1.38 bits per heavy atom. The van der Waals surface area contributed by atoms with E-state index in [9.17, 15) is 45.6 Å². The highest BCUT2D eigenvalue weighted by Gasteiger charge is 2.51. The molecule has 2 rings (SSSR count). The van der Waals surface area contributed by atoms with Crippen LogP contribution in [0.2, 0.25) is 0 Å². The van der Waals surface area contributed by atoms with Crippen LogP contribution in [0.15, 0.2) is 48.6 Å². The summed E-state index contributed by atoms with van der Waals surface area (Å²) < 4.78 is 22.7. The lowest BCUT2D eigenvalue weighted by Crippen LogP contribution is -2.65. The first-order chi connectivity index (χ1) is 37.6. The molecule has 0 spiro atoms. The fourth-order valence-corrected chi connectivity index (χ4v) is 10.2. The highest BCUT2D eigenvalue weighted by molar-refractivity contribution is 5.76. The van der Waals surface area contributed by atoms with Gasteiger partial charge in [0.2, 0.25) is 5.91 Å². The first-order valence-electron chi connectivity index (χ1n) is 31.4. The maximum atomic E-state index is 13.2. The Kier molecular flexibility index (Phi) is 44.9. The molecule has 2 saturated heterocycles. The Labute approximate surface area is 467 Å². The smallest absolute Gasteiger partial charge is 0.220 e. The van der Waals surface area contributed by atoms with E-state index in [0.717, 1.165) is 57.8 Å². The third-order valence-electron chi connectivity index (χ3n) is 15.3. The van der Waals surface area contributed by atoms with Crippen molar-refractivity contribution >= 4 is 5.91 Å². The molecule has 0 aromatic rings. The van der Waals surface area contributed by atoms with Crippen molar-refractivity contribution in [2.45, 2.75) is 325 Å². The topological polar surface area (TPSA) is 228 Å². The number of hydrogen-bond acceptors (Lipinski definition) is 13. The minimum atomic E-state index is -1.79. The molecule has 2 aliphatic heterocycles. The SMILES string of the molecule is CC/C=C\C/C=C\C/C=C\CCCCCC(=O)NC(COC1OC(CO)C(OC2OC(CO)C(O)C(O)C2O)C(O)C1O)C(O)/C=C/CCCCCCCCCCCCCCCCCCCCCCCCCCCCCC. The monoisotopic (exact) mass is 1090 g/mol. The van der Waals surface area contributed by atoms with Crippen molar-refractivity contribution < 1.29 is 64.6 Å². The average molecular weight is 1090 g/mol. The molecule has 14 heteroatoms. The Hall–Kier alpha value is -2.05. The van der Waals surface area contributed by atoms with Gasteiger partial charge >= 0.3 is 0 Å². The number of rotatable bonds is 50. The van der Waals surface area contributed by atoms with E-state index in [2.05, 4.69) is 55.6 Å². The summed E-state index contributed by atoms with van der Waals surface area (Å²) in [7, 11) is 0. The van der Waals surface area contributed by atoms with E-state index in [0.29, 0.717) is 6.42 Å². The summed E-state index contributed by atoms with van der Waals surface area (Å²) in [5.74, 6) is -0.268. The number of allylic oxidation sites excluding steroid dienone is 7. The second-order valence-electron chi connectivity index (χ2n) is 22.2. The fourth-order valence-electron chi connectivity index (χ4n) is 10.2. The predicted octanol–water partition coefficient (Wildman–Crippen LogP) is 11.2. The van der Waals surface area contributed by atoms with Gasteiger partial charge in [-0.25, -0.2) is 0 Å². The molecule has 0 radical (unpaired) electrons. The van der Waals surface area contributed by atoms with Gasteiger partial charge in [0.15, 0.2) is 12.6 Å². The number of hydrogen-bond donors (Lipinski definition) is 9. The van der Waals surface area contributed by atoms with Crippen molar-refractivity contribution in [2.75, 3.05) is 19.8 Å². The Morgan fingerprint density at radius 1 is 0.481 bits per heavy atom. The number of unbranched alkanes of at least 4 members (excludes halogenated alkanes) is 31. The lowest BCUT2D eigenvalue weighted by Gasteiger charge is -2.46. The van der Waals surface area contributed by atoms with Crippen molar-refractivity contribution in [1.29, 1.82) is 0 Å². The molecule has 0 aliphatic carbocycles. The first kappa shape index (κ1) is 71.1. The fraction of sp³-hybridized carbons (Fsp3) is 0.857. The van der Waals surface area contributed by atoms with E-state index in [1.165, 1.54) is 167 Å². The second kappa shape index (κ2) is 48.6. The van der Waals surface area contributed by atoms with Gasteiger partial charge in [-0.05, 0) is 51.4 Å². The van der Waals surface area contributed by atoms with Crippen molar-refractivity contribution in [3.63, 3.8) is 0 Å². The van der Waals surface area contributed by atoms with Crippen molar-refractivity contribution in [3.05, 3.63) is 48.6 Å². The molecule has 12 unspecified atom stereocenters. The zero-order chi connectivity index (χ0) is 56.0. The van der Waals surface area contributed by atoms with E-state index in [-0.39, 0.29) is 18.9 Å². The molecule has 14 nitrogen and oxygen atoms in total. The van der Waals surface area contributed by atoms with E-state index >= 15 is 0 Å². The number of aliphatic hydroxyl groups excluding tert-OH is 8. The maximum Gasteiger partial charge on any atom is 0.220 e. The van der Waals surface area contributed by atoms with Gasteiger partial charge in [0.1, 0.15) is 48.8 Å². The summed E-state index contributed by atoms with van der Waals surface area (Å²) in [6.07, 6.45) is 44.7. The summed E-state index contributed by atoms with van der Waals surface area (Å²) in [6, 6.07) is -0.931. The number of amides is 1. The van der Waals surface area contributed by atoms with E-state index < -0.39 is 86.8 Å². The predicted molar refractivity (Wildman–Crippen MR) is 309 cm³/mol. The third-order valence-corrected chi connectivity index (χ3v) is 15.3. The van der Waals surface area contributed by atoms with Gasteiger partial charge in [0.25, 0.3) is 0 Å². The summed E-state index contributed by atoms with van der Waals surface area (Å²) >= 11 is 0. The van der Waals surface area contributed by atoms with Crippen LogP contribution in [0, 0.1) is 0 Å². The van der Waals surface area contributed by atoms with Crippen LogP contribution in [0.25, 0.3) is 0 Å². The normalized spacial score (nSPS) is 25.0. The Balaban J connectivity index is 1.68. The lowest BCUT2D eigenvalue weighted by molar-refractivity contribution is -0.359. The number of aliphatic hydroxyl groups is 8. The molecule has 450 valence electrons. The summed E-state index contributed by atoms with van der Waals surface area (Å²) in [5, 5.41) is 87.0. The molecule has 0 saturated carbocycles. The van der Waals surface area contributed by atoms with Crippen LogP contribution in [0.4, 0.5) is 0 Å². The molecule has 0 aromatic heterocycles. The third kappa shape index (κ3) is 34.1. The highest BCUT2D eigenvalue weighted by atomic mass is 16.7. The molecular formula is C63H115NO13. The van der Waals surface area contributed by atoms with Crippen molar-refractivity contribution in [2.24, 2.45) is 0 Å². The van der Waals surface area contributed by atoms with Crippen LogP contribution in [-0.2, 0) is 23.7 Å². The molecule has 2 fully saturated rings. The van der Waals surface area contributed by atoms with Crippen LogP contribution in [0.1, 0.15) is 251 Å². The largest absolute Gasteiger partial charge is 0.394 e. The van der Waals surface area contributed by atoms with E-state index in [4.69, 9.17) is 18.9 Å². The van der Waals surface area contributed by atoms with Gasteiger partial charge in [-0.3, -0.25) is 4.79 Å². The van der Waals surface area contributed by atoms with Crippen molar-refractivity contribution in [1.82, 2.24) is 5.32 Å².